The Hall–Kier alpha value is -2.97. The summed E-state index contributed by atoms with van der Waals surface area (Å²) < 4.78 is 4.89. The van der Waals surface area contributed by atoms with Crippen LogP contribution in [0.15, 0.2) is 24.3 Å². The van der Waals surface area contributed by atoms with Gasteiger partial charge in [-0.2, -0.15) is 0 Å². The number of hydrogen-bond donors (Lipinski definition) is 2. The smallest absolute Gasteiger partial charge is 0.326 e. The highest BCUT2D eigenvalue weighted by atomic mass is 16.6. The van der Waals surface area contributed by atoms with E-state index >= 15 is 0 Å². The van der Waals surface area contributed by atoms with Crippen molar-refractivity contribution >= 4 is 23.5 Å². The van der Waals surface area contributed by atoms with E-state index in [0.717, 1.165) is 0 Å². The van der Waals surface area contributed by atoms with E-state index in [-0.39, 0.29) is 18.7 Å². The van der Waals surface area contributed by atoms with E-state index in [4.69, 9.17) is 4.74 Å². The van der Waals surface area contributed by atoms with Gasteiger partial charge in [0.25, 0.3) is 5.69 Å². The van der Waals surface area contributed by atoms with Crippen LogP contribution in [-0.2, 0) is 19.1 Å². The number of nitrogens with one attached hydrogen (secondary N) is 1. The van der Waals surface area contributed by atoms with Crippen molar-refractivity contribution < 1.29 is 29.2 Å². The minimum absolute atomic E-state index is 0.127. The van der Waals surface area contributed by atoms with Gasteiger partial charge in [-0.15, -0.1) is 0 Å². The average Bonchev–Trinajstić information content (AvgIpc) is 2.57. The largest absolute Gasteiger partial charge is 0.480 e. The maximum Gasteiger partial charge on any atom is 0.326 e. The number of carboxylic acid groups (broad SMARTS) is 1. The van der Waals surface area contributed by atoms with Crippen molar-refractivity contribution in [3.05, 3.63) is 39.9 Å². The predicted molar refractivity (Wildman–Crippen MR) is 91.5 cm³/mol. The number of benzene rings is 1. The standard InChI is InChI=1S/C17H22N2O7/c1-4-26-14(20)9-13(11-5-7-12(8-6-11)19(24)25)15(17(22)23)18-16(21)10(2)3/h5-8,10,13,15H,4,9H2,1-3H3,(H,18,21)(H,22,23)/t13-,15+/m1/s1. The summed E-state index contributed by atoms with van der Waals surface area (Å²) in [6.45, 7) is 4.97. The molecule has 0 heterocycles. The monoisotopic (exact) mass is 366 g/mol. The minimum atomic E-state index is -1.38. The topological polar surface area (TPSA) is 136 Å². The summed E-state index contributed by atoms with van der Waals surface area (Å²) in [5, 5.41) is 22.8. The van der Waals surface area contributed by atoms with Crippen LogP contribution in [0, 0.1) is 16.0 Å². The molecule has 0 unspecified atom stereocenters. The number of carboxylic acids is 1. The van der Waals surface area contributed by atoms with Crippen LogP contribution in [0.1, 0.15) is 38.7 Å². The Labute approximate surface area is 150 Å². The number of nitrogens with zero attached hydrogens (tertiary/aromatic N) is 1. The molecule has 1 aromatic rings. The van der Waals surface area contributed by atoms with Gasteiger partial charge in [0.05, 0.1) is 18.0 Å². The van der Waals surface area contributed by atoms with Gasteiger partial charge in [-0.25, -0.2) is 4.79 Å². The first-order valence-electron chi connectivity index (χ1n) is 8.10. The van der Waals surface area contributed by atoms with Gasteiger partial charge < -0.3 is 15.2 Å². The quantitative estimate of drug-likeness (QED) is 0.387. The van der Waals surface area contributed by atoms with Crippen LogP contribution < -0.4 is 5.32 Å². The number of hydrogen-bond acceptors (Lipinski definition) is 6. The number of rotatable bonds is 9. The maximum atomic E-state index is 12.0. The van der Waals surface area contributed by atoms with Crippen molar-refractivity contribution in [2.24, 2.45) is 5.92 Å². The number of esters is 1. The summed E-state index contributed by atoms with van der Waals surface area (Å²) in [7, 11) is 0. The Morgan fingerprint density at radius 1 is 1.23 bits per heavy atom. The fourth-order valence-corrected chi connectivity index (χ4v) is 2.33. The number of amides is 1. The first-order valence-corrected chi connectivity index (χ1v) is 8.10. The molecule has 0 saturated carbocycles. The molecular formula is C17H22N2O7. The van der Waals surface area contributed by atoms with E-state index in [2.05, 4.69) is 5.32 Å². The zero-order chi connectivity index (χ0) is 19.9. The normalized spacial score (nSPS) is 12.9. The van der Waals surface area contributed by atoms with Crippen LogP contribution >= 0.6 is 0 Å². The van der Waals surface area contributed by atoms with E-state index < -0.39 is 40.6 Å². The van der Waals surface area contributed by atoms with E-state index in [1.807, 2.05) is 0 Å². The molecule has 0 aromatic heterocycles. The lowest BCUT2D eigenvalue weighted by Gasteiger charge is -2.25. The first-order chi connectivity index (χ1) is 12.2. The van der Waals surface area contributed by atoms with Crippen molar-refractivity contribution in [3.8, 4) is 0 Å². The zero-order valence-electron chi connectivity index (χ0n) is 14.8. The molecule has 1 rings (SSSR count). The second kappa shape index (κ2) is 9.50. The molecule has 142 valence electrons. The number of carbonyl (C=O) groups excluding carboxylic acids is 2. The van der Waals surface area contributed by atoms with E-state index in [1.54, 1.807) is 20.8 Å². The second-order valence-electron chi connectivity index (χ2n) is 5.94. The van der Waals surface area contributed by atoms with Gasteiger partial charge in [0, 0.05) is 24.0 Å². The number of nitro groups is 1. The van der Waals surface area contributed by atoms with Crippen LogP contribution in [0.25, 0.3) is 0 Å². The zero-order valence-corrected chi connectivity index (χ0v) is 14.8. The van der Waals surface area contributed by atoms with Gasteiger partial charge in [0.1, 0.15) is 6.04 Å². The number of nitro benzene ring substituents is 1. The van der Waals surface area contributed by atoms with Gasteiger partial charge in [0.15, 0.2) is 0 Å². The molecule has 0 aliphatic heterocycles. The summed E-state index contributed by atoms with van der Waals surface area (Å²) in [6.07, 6.45) is -0.291. The molecule has 2 N–H and O–H groups in total. The molecule has 0 saturated heterocycles. The van der Waals surface area contributed by atoms with Crippen LogP contribution in [-0.4, -0.2) is 40.5 Å². The van der Waals surface area contributed by atoms with Gasteiger partial charge in [-0.3, -0.25) is 19.7 Å². The molecule has 0 aliphatic carbocycles. The molecule has 0 spiro atoms. The Morgan fingerprint density at radius 3 is 2.23 bits per heavy atom. The molecule has 1 aromatic carbocycles. The van der Waals surface area contributed by atoms with Crippen molar-refractivity contribution in [2.45, 2.75) is 39.2 Å². The molecule has 0 bridgehead atoms. The van der Waals surface area contributed by atoms with Gasteiger partial charge in [-0.1, -0.05) is 26.0 Å². The fourth-order valence-electron chi connectivity index (χ4n) is 2.33. The molecule has 9 nitrogen and oxygen atoms in total. The average molecular weight is 366 g/mol. The summed E-state index contributed by atoms with van der Waals surface area (Å²) in [4.78, 5) is 45.8. The van der Waals surface area contributed by atoms with Crippen molar-refractivity contribution in [3.63, 3.8) is 0 Å². The highest BCUT2D eigenvalue weighted by Crippen LogP contribution is 2.27. The molecule has 9 heteroatoms. The molecule has 0 radical (unpaired) electrons. The first kappa shape index (κ1) is 21.1. The molecule has 26 heavy (non-hydrogen) atoms. The van der Waals surface area contributed by atoms with Crippen molar-refractivity contribution in [1.82, 2.24) is 5.32 Å². The lowest BCUT2D eigenvalue weighted by atomic mass is 9.88. The highest BCUT2D eigenvalue weighted by molar-refractivity contribution is 5.86. The van der Waals surface area contributed by atoms with Gasteiger partial charge >= 0.3 is 11.9 Å². The highest BCUT2D eigenvalue weighted by Gasteiger charge is 2.33. The minimum Gasteiger partial charge on any atom is -0.480 e. The van der Waals surface area contributed by atoms with Crippen LogP contribution in [0.4, 0.5) is 5.69 Å². The lowest BCUT2D eigenvalue weighted by Crippen LogP contribution is -2.47. The molecule has 1 amide bonds. The Kier molecular flexibility index (Phi) is 7.70. The van der Waals surface area contributed by atoms with Crippen LogP contribution in [0.5, 0.6) is 0 Å². The number of non-ortho nitro benzene ring substituents is 1. The third-order valence-corrected chi connectivity index (χ3v) is 3.71. The Morgan fingerprint density at radius 2 is 1.81 bits per heavy atom. The molecule has 0 aliphatic rings. The Bertz CT molecular complexity index is 670. The maximum absolute atomic E-state index is 12.0. The lowest BCUT2D eigenvalue weighted by molar-refractivity contribution is -0.384. The summed E-state index contributed by atoms with van der Waals surface area (Å²) in [6, 6.07) is 3.81. The summed E-state index contributed by atoms with van der Waals surface area (Å²) >= 11 is 0. The number of ether oxygens (including phenoxy) is 1. The third kappa shape index (κ3) is 5.83. The van der Waals surface area contributed by atoms with Crippen LogP contribution in [0.3, 0.4) is 0 Å². The predicted octanol–water partition coefficient (Wildman–Crippen LogP) is 1.86. The third-order valence-electron chi connectivity index (χ3n) is 3.71. The van der Waals surface area contributed by atoms with Crippen molar-refractivity contribution in [2.75, 3.05) is 6.61 Å². The molecule has 0 fully saturated rings. The fraction of sp³-hybridized carbons (Fsp3) is 0.471. The van der Waals surface area contributed by atoms with Gasteiger partial charge in [0.2, 0.25) is 5.91 Å². The van der Waals surface area contributed by atoms with Crippen molar-refractivity contribution in [1.29, 1.82) is 0 Å². The van der Waals surface area contributed by atoms with Gasteiger partial charge in [-0.05, 0) is 12.5 Å². The SMILES string of the molecule is CCOC(=O)C[C@H](c1ccc([N+](=O)[O-])cc1)[C@H](NC(=O)C(C)C)C(=O)O. The summed E-state index contributed by atoms with van der Waals surface area (Å²) in [5.74, 6) is -3.80. The van der Waals surface area contributed by atoms with E-state index in [9.17, 15) is 29.6 Å². The van der Waals surface area contributed by atoms with E-state index in [0.29, 0.717) is 5.56 Å². The second-order valence-corrected chi connectivity index (χ2v) is 5.94. The summed E-state index contributed by atoms with van der Waals surface area (Å²) in [5.41, 5.74) is 0.210. The number of carbonyl (C=O) groups is 3. The van der Waals surface area contributed by atoms with Crippen LogP contribution in [0.2, 0.25) is 0 Å². The van der Waals surface area contributed by atoms with E-state index in [1.165, 1.54) is 24.3 Å². The Balaban J connectivity index is 3.23. The number of aliphatic carboxylic acids is 1. The molecule has 2 atom stereocenters. The molecular weight excluding hydrogens is 344 g/mol.